The Hall–Kier alpha value is -1.90. The molecule has 0 atom stereocenters. The van der Waals surface area contributed by atoms with Gasteiger partial charge in [0.05, 0.1) is 33.8 Å². The van der Waals surface area contributed by atoms with Crippen molar-refractivity contribution in [1.29, 1.82) is 0 Å². The standard InChI is InChI=1S/C21H22Cl2N4O2S/c22-16-5-4-15(13-17(16)23)27-19(14-18(25-27)20-3-1-12-30-20)21(28)24-6-2-7-26-8-10-29-11-9-26/h1,3-5,12-14H,2,6-11H2,(H,24,28). The maximum absolute atomic E-state index is 13.0. The molecular weight excluding hydrogens is 443 g/mol. The third kappa shape index (κ3) is 5.04. The van der Waals surface area contributed by atoms with Crippen LogP contribution < -0.4 is 5.32 Å². The molecule has 2 aromatic heterocycles. The molecule has 3 aromatic rings. The summed E-state index contributed by atoms with van der Waals surface area (Å²) in [5.74, 6) is -0.168. The molecule has 0 spiro atoms. The van der Waals surface area contributed by atoms with Crippen LogP contribution in [0.1, 0.15) is 16.9 Å². The first-order valence-electron chi connectivity index (χ1n) is 9.79. The number of benzene rings is 1. The zero-order chi connectivity index (χ0) is 20.9. The summed E-state index contributed by atoms with van der Waals surface area (Å²) in [5.41, 5.74) is 1.89. The second kappa shape index (κ2) is 9.94. The summed E-state index contributed by atoms with van der Waals surface area (Å²) >= 11 is 13.8. The number of rotatable bonds is 7. The summed E-state index contributed by atoms with van der Waals surface area (Å²) in [6.07, 6.45) is 0.879. The first kappa shape index (κ1) is 21.3. The highest BCUT2D eigenvalue weighted by Gasteiger charge is 2.19. The summed E-state index contributed by atoms with van der Waals surface area (Å²) in [5, 5.41) is 10.5. The lowest BCUT2D eigenvalue weighted by Crippen LogP contribution is -2.38. The number of morpholine rings is 1. The molecule has 1 fully saturated rings. The van der Waals surface area contributed by atoms with Crippen molar-refractivity contribution < 1.29 is 9.53 Å². The highest BCUT2D eigenvalue weighted by molar-refractivity contribution is 7.13. The van der Waals surface area contributed by atoms with Crippen molar-refractivity contribution in [2.24, 2.45) is 0 Å². The number of ether oxygens (including phenoxy) is 1. The molecule has 4 rings (SSSR count). The third-order valence-corrected chi connectivity index (χ3v) is 6.54. The van der Waals surface area contributed by atoms with Gasteiger partial charge in [-0.15, -0.1) is 11.3 Å². The fraction of sp³-hybridized carbons (Fsp3) is 0.333. The Morgan fingerprint density at radius 1 is 1.17 bits per heavy atom. The summed E-state index contributed by atoms with van der Waals surface area (Å²) in [7, 11) is 0. The quantitative estimate of drug-likeness (QED) is 0.527. The molecule has 1 aliphatic rings. The fourth-order valence-corrected chi connectivity index (χ4v) is 4.29. The number of carbonyl (C=O) groups is 1. The molecule has 1 aliphatic heterocycles. The van der Waals surface area contributed by atoms with E-state index in [9.17, 15) is 4.79 Å². The van der Waals surface area contributed by atoms with Gasteiger partial charge < -0.3 is 10.1 Å². The molecule has 3 heterocycles. The third-order valence-electron chi connectivity index (χ3n) is 4.90. The molecule has 158 valence electrons. The summed E-state index contributed by atoms with van der Waals surface area (Å²) < 4.78 is 6.99. The minimum atomic E-state index is -0.168. The van der Waals surface area contributed by atoms with Crippen molar-refractivity contribution in [1.82, 2.24) is 20.0 Å². The van der Waals surface area contributed by atoms with Gasteiger partial charge in [-0.2, -0.15) is 5.10 Å². The zero-order valence-corrected chi connectivity index (χ0v) is 18.6. The number of thiophene rings is 1. The topological polar surface area (TPSA) is 59.4 Å². The Bertz CT molecular complexity index is 1000. The number of nitrogens with zero attached hydrogens (tertiary/aromatic N) is 3. The second-order valence-corrected chi connectivity index (χ2v) is 8.73. The molecule has 6 nitrogen and oxygen atoms in total. The van der Waals surface area contributed by atoms with Gasteiger partial charge in [0, 0.05) is 19.6 Å². The summed E-state index contributed by atoms with van der Waals surface area (Å²) in [6.45, 7) is 4.99. The molecular formula is C21H22Cl2N4O2S. The number of hydrogen-bond donors (Lipinski definition) is 1. The van der Waals surface area contributed by atoms with E-state index in [2.05, 4.69) is 15.3 Å². The SMILES string of the molecule is O=C(NCCCN1CCOCC1)c1cc(-c2cccs2)nn1-c1ccc(Cl)c(Cl)c1. The monoisotopic (exact) mass is 464 g/mol. The fourth-order valence-electron chi connectivity index (χ4n) is 3.32. The average molecular weight is 465 g/mol. The van der Waals surface area contributed by atoms with Gasteiger partial charge >= 0.3 is 0 Å². The Morgan fingerprint density at radius 3 is 2.73 bits per heavy atom. The molecule has 0 aliphatic carbocycles. The lowest BCUT2D eigenvalue weighted by atomic mass is 10.2. The van der Waals surface area contributed by atoms with E-state index in [1.165, 1.54) is 0 Å². The molecule has 0 radical (unpaired) electrons. The van der Waals surface area contributed by atoms with E-state index in [0.717, 1.165) is 49.8 Å². The van der Waals surface area contributed by atoms with E-state index in [1.54, 1.807) is 34.2 Å². The highest BCUT2D eigenvalue weighted by atomic mass is 35.5. The van der Waals surface area contributed by atoms with Gasteiger partial charge in [-0.1, -0.05) is 29.3 Å². The number of nitrogens with one attached hydrogen (secondary N) is 1. The number of carbonyl (C=O) groups excluding carboxylic acids is 1. The molecule has 1 N–H and O–H groups in total. The van der Waals surface area contributed by atoms with Crippen LogP contribution in [0.3, 0.4) is 0 Å². The molecule has 30 heavy (non-hydrogen) atoms. The summed E-state index contributed by atoms with van der Waals surface area (Å²) in [6, 6.07) is 11.0. The number of halogens is 2. The van der Waals surface area contributed by atoms with Gasteiger partial charge in [-0.05, 0) is 48.7 Å². The van der Waals surface area contributed by atoms with Crippen molar-refractivity contribution in [3.63, 3.8) is 0 Å². The van der Waals surface area contributed by atoms with Crippen molar-refractivity contribution in [2.45, 2.75) is 6.42 Å². The van der Waals surface area contributed by atoms with Gasteiger partial charge in [-0.25, -0.2) is 4.68 Å². The van der Waals surface area contributed by atoms with Gasteiger partial charge in [0.25, 0.3) is 5.91 Å². The van der Waals surface area contributed by atoms with Gasteiger partial charge in [-0.3, -0.25) is 9.69 Å². The molecule has 0 saturated carbocycles. The highest BCUT2D eigenvalue weighted by Crippen LogP contribution is 2.28. The first-order valence-corrected chi connectivity index (χ1v) is 11.4. The van der Waals surface area contributed by atoms with Crippen molar-refractivity contribution in [2.75, 3.05) is 39.4 Å². The number of hydrogen-bond acceptors (Lipinski definition) is 5. The Labute approximate surface area is 189 Å². The van der Waals surface area contributed by atoms with Crippen LogP contribution in [0.5, 0.6) is 0 Å². The smallest absolute Gasteiger partial charge is 0.270 e. The second-order valence-electron chi connectivity index (χ2n) is 6.97. The predicted octanol–water partition coefficient (Wildman–Crippen LogP) is 4.36. The van der Waals surface area contributed by atoms with E-state index in [4.69, 9.17) is 27.9 Å². The maximum Gasteiger partial charge on any atom is 0.270 e. The molecule has 0 bridgehead atoms. The van der Waals surface area contributed by atoms with Crippen LogP contribution in [0, 0.1) is 0 Å². The van der Waals surface area contributed by atoms with Crippen LogP contribution in [0.4, 0.5) is 0 Å². The van der Waals surface area contributed by atoms with Gasteiger partial charge in [0.1, 0.15) is 11.4 Å². The molecule has 1 amide bonds. The van der Waals surface area contributed by atoms with E-state index >= 15 is 0 Å². The van der Waals surface area contributed by atoms with E-state index in [1.807, 2.05) is 23.6 Å². The maximum atomic E-state index is 13.0. The van der Waals surface area contributed by atoms with Crippen LogP contribution in [-0.4, -0.2) is 60.0 Å². The minimum Gasteiger partial charge on any atom is -0.379 e. The van der Waals surface area contributed by atoms with Crippen LogP contribution in [0.25, 0.3) is 16.3 Å². The lowest BCUT2D eigenvalue weighted by Gasteiger charge is -2.26. The number of amides is 1. The van der Waals surface area contributed by atoms with Crippen LogP contribution in [0.15, 0.2) is 41.8 Å². The largest absolute Gasteiger partial charge is 0.379 e. The summed E-state index contributed by atoms with van der Waals surface area (Å²) in [4.78, 5) is 16.3. The van der Waals surface area contributed by atoms with E-state index in [-0.39, 0.29) is 5.91 Å². The average Bonchev–Trinajstić information content (AvgIpc) is 3.44. The van der Waals surface area contributed by atoms with Crippen molar-refractivity contribution in [3.05, 3.63) is 57.5 Å². The van der Waals surface area contributed by atoms with E-state index < -0.39 is 0 Å². The predicted molar refractivity (Wildman–Crippen MR) is 121 cm³/mol. The van der Waals surface area contributed by atoms with Crippen molar-refractivity contribution in [3.8, 4) is 16.3 Å². The van der Waals surface area contributed by atoms with Crippen LogP contribution in [-0.2, 0) is 4.74 Å². The Balaban J connectivity index is 1.50. The molecule has 1 aromatic carbocycles. The Morgan fingerprint density at radius 2 is 2.00 bits per heavy atom. The van der Waals surface area contributed by atoms with Gasteiger partial charge in [0.2, 0.25) is 0 Å². The minimum absolute atomic E-state index is 0.168. The Kier molecular flexibility index (Phi) is 7.07. The molecule has 1 saturated heterocycles. The van der Waals surface area contributed by atoms with Crippen LogP contribution >= 0.6 is 34.5 Å². The lowest BCUT2D eigenvalue weighted by molar-refractivity contribution is 0.0374. The van der Waals surface area contributed by atoms with Crippen molar-refractivity contribution >= 4 is 40.4 Å². The molecule has 9 heteroatoms. The van der Waals surface area contributed by atoms with E-state index in [0.29, 0.717) is 28.0 Å². The number of aromatic nitrogens is 2. The zero-order valence-electron chi connectivity index (χ0n) is 16.3. The molecule has 0 unspecified atom stereocenters. The first-order chi connectivity index (χ1) is 14.6. The normalized spacial score (nSPS) is 14.7. The van der Waals surface area contributed by atoms with Crippen LogP contribution in [0.2, 0.25) is 10.0 Å². The van der Waals surface area contributed by atoms with Gasteiger partial charge in [0.15, 0.2) is 0 Å².